The fourth-order valence-corrected chi connectivity index (χ4v) is 3.66. The van der Waals surface area contributed by atoms with Gasteiger partial charge in [-0.3, -0.25) is 14.5 Å². The number of aryl methyl sites for hydroxylation is 1. The van der Waals surface area contributed by atoms with Crippen molar-refractivity contribution in [3.63, 3.8) is 0 Å². The molecule has 1 saturated heterocycles. The number of nitrogens with one attached hydrogen (secondary N) is 1. The minimum Gasteiger partial charge on any atom is -0.325 e. The van der Waals surface area contributed by atoms with E-state index >= 15 is 0 Å². The molecule has 1 N–H and O–H groups in total. The van der Waals surface area contributed by atoms with E-state index in [9.17, 15) is 9.59 Å². The lowest BCUT2D eigenvalue weighted by Crippen LogP contribution is -2.36. The molecule has 6 heteroatoms. The average molecular weight is 368 g/mol. The predicted molar refractivity (Wildman–Crippen MR) is 106 cm³/mol. The van der Waals surface area contributed by atoms with E-state index in [1.54, 1.807) is 6.08 Å². The number of amides is 2. The summed E-state index contributed by atoms with van der Waals surface area (Å²) in [6.45, 7) is 1.86. The van der Waals surface area contributed by atoms with E-state index in [0.29, 0.717) is 14.9 Å². The number of carbonyl (C=O) groups is 2. The fraction of sp³-hybridized carbons (Fsp3) is 0.105. The van der Waals surface area contributed by atoms with E-state index in [4.69, 9.17) is 12.2 Å². The first-order valence-electron chi connectivity index (χ1n) is 7.70. The van der Waals surface area contributed by atoms with E-state index in [-0.39, 0.29) is 18.4 Å². The summed E-state index contributed by atoms with van der Waals surface area (Å²) in [6, 6.07) is 17.1. The SMILES string of the molecule is Cc1cccc(NC(=O)CN2C(=O)/C(=C\c3ccccc3)SC2=S)c1. The van der Waals surface area contributed by atoms with Gasteiger partial charge >= 0.3 is 0 Å². The molecular weight excluding hydrogens is 352 g/mol. The van der Waals surface area contributed by atoms with Crippen LogP contribution in [-0.2, 0) is 9.59 Å². The van der Waals surface area contributed by atoms with Crippen molar-refractivity contribution < 1.29 is 9.59 Å². The minimum atomic E-state index is -0.275. The van der Waals surface area contributed by atoms with Gasteiger partial charge in [-0.2, -0.15) is 0 Å². The van der Waals surface area contributed by atoms with Gasteiger partial charge in [0.05, 0.1) is 4.91 Å². The van der Waals surface area contributed by atoms with Crippen LogP contribution in [0, 0.1) is 6.92 Å². The molecule has 1 heterocycles. The van der Waals surface area contributed by atoms with Crippen LogP contribution < -0.4 is 5.32 Å². The zero-order valence-corrected chi connectivity index (χ0v) is 15.2. The fourth-order valence-electron chi connectivity index (χ4n) is 2.40. The summed E-state index contributed by atoms with van der Waals surface area (Å²) in [5.41, 5.74) is 2.68. The summed E-state index contributed by atoms with van der Waals surface area (Å²) < 4.78 is 0.395. The summed E-state index contributed by atoms with van der Waals surface area (Å²) >= 11 is 6.48. The molecule has 4 nitrogen and oxygen atoms in total. The van der Waals surface area contributed by atoms with Crippen molar-refractivity contribution >= 4 is 51.9 Å². The van der Waals surface area contributed by atoms with Crippen LogP contribution >= 0.6 is 24.0 Å². The molecule has 2 amide bonds. The standard InChI is InChI=1S/C19H16N2O2S2/c1-13-6-5-9-15(10-13)20-17(22)12-21-18(23)16(25-19(21)24)11-14-7-3-2-4-8-14/h2-11H,12H2,1H3,(H,20,22)/b16-11+. The molecule has 1 fully saturated rings. The molecule has 0 saturated carbocycles. The highest BCUT2D eigenvalue weighted by Gasteiger charge is 2.33. The molecule has 2 aromatic carbocycles. The Morgan fingerprint density at radius 2 is 1.96 bits per heavy atom. The van der Waals surface area contributed by atoms with E-state index in [0.717, 1.165) is 11.1 Å². The topological polar surface area (TPSA) is 49.4 Å². The number of rotatable bonds is 4. The Morgan fingerprint density at radius 3 is 2.68 bits per heavy atom. The molecule has 3 rings (SSSR count). The third-order valence-corrected chi connectivity index (χ3v) is 4.95. The van der Waals surface area contributed by atoms with Gasteiger partial charge in [0.2, 0.25) is 5.91 Å². The molecule has 0 radical (unpaired) electrons. The van der Waals surface area contributed by atoms with E-state index < -0.39 is 0 Å². The van der Waals surface area contributed by atoms with Crippen LogP contribution in [0.5, 0.6) is 0 Å². The van der Waals surface area contributed by atoms with Gasteiger partial charge < -0.3 is 5.32 Å². The highest BCUT2D eigenvalue weighted by Crippen LogP contribution is 2.32. The Labute approximate surface area is 155 Å². The summed E-state index contributed by atoms with van der Waals surface area (Å²) in [5, 5.41) is 2.79. The van der Waals surface area contributed by atoms with Crippen molar-refractivity contribution in [1.82, 2.24) is 4.90 Å². The Morgan fingerprint density at radius 1 is 1.20 bits per heavy atom. The van der Waals surface area contributed by atoms with Crippen molar-refractivity contribution in [2.75, 3.05) is 11.9 Å². The smallest absolute Gasteiger partial charge is 0.266 e. The Hall–Kier alpha value is -2.44. The highest BCUT2D eigenvalue weighted by atomic mass is 32.2. The first-order valence-corrected chi connectivity index (χ1v) is 8.92. The van der Waals surface area contributed by atoms with Gasteiger partial charge in [0.1, 0.15) is 10.9 Å². The van der Waals surface area contributed by atoms with E-state index in [2.05, 4.69) is 5.32 Å². The molecule has 0 atom stereocenters. The van der Waals surface area contributed by atoms with Gasteiger partial charge in [0.15, 0.2) is 0 Å². The van der Waals surface area contributed by atoms with Gasteiger partial charge in [-0.15, -0.1) is 0 Å². The zero-order chi connectivity index (χ0) is 17.8. The number of thiocarbonyl (C=S) groups is 1. The largest absolute Gasteiger partial charge is 0.325 e. The normalized spacial score (nSPS) is 15.7. The van der Waals surface area contributed by atoms with Crippen LogP contribution in [0.1, 0.15) is 11.1 Å². The number of benzene rings is 2. The highest BCUT2D eigenvalue weighted by molar-refractivity contribution is 8.26. The van der Waals surface area contributed by atoms with Crippen molar-refractivity contribution in [3.8, 4) is 0 Å². The second-order valence-electron chi connectivity index (χ2n) is 5.60. The number of carbonyl (C=O) groups excluding carboxylic acids is 2. The van der Waals surface area contributed by atoms with Gasteiger partial charge in [-0.25, -0.2) is 0 Å². The molecule has 25 heavy (non-hydrogen) atoms. The summed E-state index contributed by atoms with van der Waals surface area (Å²) in [6.07, 6.45) is 1.79. The quantitative estimate of drug-likeness (QED) is 0.658. The first-order chi connectivity index (χ1) is 12.0. The maximum absolute atomic E-state index is 12.5. The molecule has 1 aliphatic heterocycles. The Kier molecular flexibility index (Phi) is 5.31. The van der Waals surface area contributed by atoms with Crippen LogP contribution in [0.15, 0.2) is 59.5 Å². The van der Waals surface area contributed by atoms with Crippen LogP contribution in [0.25, 0.3) is 6.08 Å². The van der Waals surface area contributed by atoms with Crippen LogP contribution in [0.2, 0.25) is 0 Å². The maximum atomic E-state index is 12.5. The summed E-state index contributed by atoms with van der Waals surface area (Å²) in [7, 11) is 0. The lowest BCUT2D eigenvalue weighted by Gasteiger charge is -2.14. The van der Waals surface area contributed by atoms with Crippen molar-refractivity contribution in [3.05, 3.63) is 70.6 Å². The van der Waals surface area contributed by atoms with Crippen molar-refractivity contribution in [2.24, 2.45) is 0 Å². The third kappa shape index (κ3) is 4.35. The maximum Gasteiger partial charge on any atom is 0.266 e. The third-order valence-electron chi connectivity index (χ3n) is 3.57. The number of anilines is 1. The van der Waals surface area contributed by atoms with E-state index in [1.165, 1.54) is 16.7 Å². The first kappa shape index (κ1) is 17.4. The lowest BCUT2D eigenvalue weighted by molar-refractivity contribution is -0.126. The number of hydrogen-bond donors (Lipinski definition) is 1. The van der Waals surface area contributed by atoms with Gasteiger partial charge in [-0.05, 0) is 36.3 Å². The molecule has 0 bridgehead atoms. The van der Waals surface area contributed by atoms with Gasteiger partial charge in [0, 0.05) is 5.69 Å². The van der Waals surface area contributed by atoms with Crippen LogP contribution in [0.3, 0.4) is 0 Å². The Balaban J connectivity index is 1.68. The minimum absolute atomic E-state index is 0.0925. The molecule has 0 aliphatic carbocycles. The summed E-state index contributed by atoms with van der Waals surface area (Å²) in [5.74, 6) is -0.513. The second-order valence-corrected chi connectivity index (χ2v) is 7.27. The predicted octanol–water partition coefficient (Wildman–Crippen LogP) is 3.83. The molecule has 1 aliphatic rings. The van der Waals surface area contributed by atoms with Crippen molar-refractivity contribution in [1.29, 1.82) is 0 Å². The van der Waals surface area contributed by atoms with E-state index in [1.807, 2.05) is 61.5 Å². The zero-order valence-electron chi connectivity index (χ0n) is 13.6. The molecule has 0 spiro atoms. The molecule has 0 aromatic heterocycles. The number of nitrogens with zero attached hydrogens (tertiary/aromatic N) is 1. The second kappa shape index (κ2) is 7.63. The number of thioether (sulfide) groups is 1. The van der Waals surface area contributed by atoms with Crippen LogP contribution in [0.4, 0.5) is 5.69 Å². The molecule has 0 unspecified atom stereocenters. The van der Waals surface area contributed by atoms with Crippen molar-refractivity contribution in [2.45, 2.75) is 6.92 Å². The van der Waals surface area contributed by atoms with Gasteiger partial charge in [-0.1, -0.05) is 66.4 Å². The summed E-state index contributed by atoms with van der Waals surface area (Å²) in [4.78, 5) is 26.6. The average Bonchev–Trinajstić information content (AvgIpc) is 2.83. The van der Waals surface area contributed by atoms with Gasteiger partial charge in [0.25, 0.3) is 5.91 Å². The number of hydrogen-bond acceptors (Lipinski definition) is 4. The van der Waals surface area contributed by atoms with Crippen LogP contribution in [-0.4, -0.2) is 27.6 Å². The lowest BCUT2D eigenvalue weighted by atomic mass is 10.2. The molecule has 126 valence electrons. The monoisotopic (exact) mass is 368 g/mol. The Bertz CT molecular complexity index is 863. The molecular formula is C19H16N2O2S2. The molecule has 2 aromatic rings.